The molecule has 0 fully saturated rings. The molecule has 0 aliphatic heterocycles. The van der Waals surface area contributed by atoms with Crippen molar-refractivity contribution in [3.8, 4) is 0 Å². The molecule has 0 heterocycles. The van der Waals surface area contributed by atoms with Gasteiger partial charge in [0.05, 0.1) is 12.3 Å². The van der Waals surface area contributed by atoms with Gasteiger partial charge in [-0.1, -0.05) is 41.9 Å². The molecule has 2 aromatic carbocycles. The Morgan fingerprint density at radius 1 is 1.10 bits per heavy atom. The SMILES string of the molecule is Cc1ccc(C[C@@H](c2cc(C)c(Cl)c(C)c2)C(F)(F)F)cc1CNCCC(=O)O. The molecule has 0 bridgehead atoms. The molecular weight excluding hydrogens is 403 g/mol. The van der Waals surface area contributed by atoms with Gasteiger partial charge in [0.15, 0.2) is 0 Å². The van der Waals surface area contributed by atoms with E-state index in [9.17, 15) is 18.0 Å². The van der Waals surface area contributed by atoms with Gasteiger partial charge in [-0.3, -0.25) is 4.79 Å². The third-order valence-corrected chi connectivity index (χ3v) is 5.54. The number of alkyl halides is 3. The summed E-state index contributed by atoms with van der Waals surface area (Å²) in [5, 5.41) is 12.2. The second kappa shape index (κ2) is 9.63. The van der Waals surface area contributed by atoms with Crippen LogP contribution in [0.15, 0.2) is 30.3 Å². The molecule has 0 saturated heterocycles. The van der Waals surface area contributed by atoms with Crippen molar-refractivity contribution in [2.24, 2.45) is 0 Å². The van der Waals surface area contributed by atoms with E-state index in [0.717, 1.165) is 11.1 Å². The summed E-state index contributed by atoms with van der Waals surface area (Å²) in [6.45, 7) is 6.00. The molecular formula is C22H25ClF3NO2. The number of hydrogen-bond acceptors (Lipinski definition) is 2. The molecule has 0 amide bonds. The lowest BCUT2D eigenvalue weighted by atomic mass is 9.88. The number of benzene rings is 2. The third-order valence-electron chi connectivity index (χ3n) is 4.94. The highest BCUT2D eigenvalue weighted by molar-refractivity contribution is 6.32. The van der Waals surface area contributed by atoms with Gasteiger partial charge in [0, 0.05) is 18.1 Å². The Balaban J connectivity index is 2.26. The first-order chi connectivity index (χ1) is 13.5. The van der Waals surface area contributed by atoms with Crippen LogP contribution in [0.4, 0.5) is 13.2 Å². The molecule has 158 valence electrons. The standard InChI is InChI=1S/C22H25ClF3NO2/c1-13-4-5-16(10-18(13)12-27-7-6-20(28)29)11-19(22(24,25)26)17-8-14(2)21(23)15(3)9-17/h4-5,8-10,19,27H,6-7,11-12H2,1-3H3,(H,28,29)/t19-/m0/s1. The second-order valence-corrected chi connectivity index (χ2v) is 7.73. The number of rotatable bonds is 8. The first-order valence-electron chi connectivity index (χ1n) is 9.33. The predicted octanol–water partition coefficient (Wildman–Crippen LogP) is 5.72. The fraction of sp³-hybridized carbons (Fsp3) is 0.409. The van der Waals surface area contributed by atoms with Gasteiger partial charge >= 0.3 is 12.1 Å². The van der Waals surface area contributed by atoms with Crippen LogP contribution in [0, 0.1) is 20.8 Å². The first-order valence-corrected chi connectivity index (χ1v) is 9.71. The van der Waals surface area contributed by atoms with Gasteiger partial charge in [-0.25, -0.2) is 0 Å². The summed E-state index contributed by atoms with van der Waals surface area (Å²) >= 11 is 6.12. The van der Waals surface area contributed by atoms with Crippen LogP contribution in [-0.2, 0) is 17.8 Å². The number of halogens is 4. The van der Waals surface area contributed by atoms with Gasteiger partial charge in [0.25, 0.3) is 0 Å². The molecule has 0 aliphatic rings. The van der Waals surface area contributed by atoms with Gasteiger partial charge in [-0.2, -0.15) is 13.2 Å². The van der Waals surface area contributed by atoms with Crippen molar-refractivity contribution in [3.05, 3.63) is 68.7 Å². The van der Waals surface area contributed by atoms with E-state index in [1.165, 1.54) is 12.1 Å². The number of aliphatic carboxylic acids is 1. The van der Waals surface area contributed by atoms with Gasteiger partial charge < -0.3 is 10.4 Å². The van der Waals surface area contributed by atoms with Crippen LogP contribution in [0.3, 0.4) is 0 Å². The average Bonchev–Trinajstić information content (AvgIpc) is 2.61. The van der Waals surface area contributed by atoms with E-state index in [-0.39, 0.29) is 18.4 Å². The van der Waals surface area contributed by atoms with Crippen LogP contribution < -0.4 is 5.32 Å². The smallest absolute Gasteiger partial charge is 0.396 e. The summed E-state index contributed by atoms with van der Waals surface area (Å²) in [7, 11) is 0. The van der Waals surface area contributed by atoms with E-state index in [1.807, 2.05) is 6.92 Å². The zero-order chi connectivity index (χ0) is 21.8. The normalized spacial score (nSPS) is 12.8. The van der Waals surface area contributed by atoms with Crippen molar-refractivity contribution in [2.75, 3.05) is 6.54 Å². The Bertz CT molecular complexity index is 858. The molecule has 2 N–H and O–H groups in total. The summed E-state index contributed by atoms with van der Waals surface area (Å²) in [4.78, 5) is 10.6. The molecule has 1 atom stereocenters. The number of carbonyl (C=O) groups is 1. The number of carboxylic acids is 1. The molecule has 2 rings (SSSR count). The fourth-order valence-electron chi connectivity index (χ4n) is 3.30. The minimum atomic E-state index is -4.39. The average molecular weight is 428 g/mol. The third kappa shape index (κ3) is 6.47. The monoisotopic (exact) mass is 427 g/mol. The van der Waals surface area contributed by atoms with Gasteiger partial charge in [-0.05, 0) is 60.6 Å². The lowest BCUT2D eigenvalue weighted by molar-refractivity contribution is -0.150. The Morgan fingerprint density at radius 3 is 2.28 bits per heavy atom. The van der Waals surface area contributed by atoms with Crippen molar-refractivity contribution in [2.45, 2.75) is 52.3 Å². The van der Waals surface area contributed by atoms with Crippen LogP contribution in [-0.4, -0.2) is 23.8 Å². The predicted molar refractivity (Wildman–Crippen MR) is 109 cm³/mol. The minimum absolute atomic E-state index is 0.00977. The lowest BCUT2D eigenvalue weighted by Gasteiger charge is -2.23. The Labute approximate surface area is 173 Å². The Hall–Kier alpha value is -2.05. The molecule has 0 radical (unpaired) electrons. The molecule has 0 aromatic heterocycles. The van der Waals surface area contributed by atoms with Crippen LogP contribution in [0.5, 0.6) is 0 Å². The van der Waals surface area contributed by atoms with E-state index in [4.69, 9.17) is 16.7 Å². The number of carboxylic acid groups (broad SMARTS) is 1. The Morgan fingerprint density at radius 2 is 1.72 bits per heavy atom. The minimum Gasteiger partial charge on any atom is -0.481 e. The number of nitrogens with one attached hydrogen (secondary N) is 1. The lowest BCUT2D eigenvalue weighted by Crippen LogP contribution is -2.23. The maximum Gasteiger partial charge on any atom is 0.396 e. The maximum atomic E-state index is 13.9. The molecule has 2 aromatic rings. The van der Waals surface area contributed by atoms with Gasteiger partial charge in [-0.15, -0.1) is 0 Å². The molecule has 7 heteroatoms. The van der Waals surface area contributed by atoms with Crippen LogP contribution in [0.25, 0.3) is 0 Å². The van der Waals surface area contributed by atoms with Crippen LogP contribution in [0.1, 0.15) is 45.7 Å². The van der Waals surface area contributed by atoms with E-state index in [0.29, 0.717) is 34.8 Å². The summed E-state index contributed by atoms with van der Waals surface area (Å²) in [5.74, 6) is -2.53. The van der Waals surface area contributed by atoms with Crippen molar-refractivity contribution < 1.29 is 23.1 Å². The topological polar surface area (TPSA) is 49.3 Å². The molecule has 0 unspecified atom stereocenters. The highest BCUT2D eigenvalue weighted by Gasteiger charge is 2.41. The highest BCUT2D eigenvalue weighted by Crippen LogP contribution is 2.39. The summed E-state index contributed by atoms with van der Waals surface area (Å²) < 4.78 is 41.6. The molecule has 3 nitrogen and oxygen atoms in total. The number of hydrogen-bond donors (Lipinski definition) is 2. The molecule has 29 heavy (non-hydrogen) atoms. The zero-order valence-corrected chi connectivity index (χ0v) is 17.4. The van der Waals surface area contributed by atoms with E-state index < -0.39 is 18.1 Å². The van der Waals surface area contributed by atoms with Crippen LogP contribution >= 0.6 is 11.6 Å². The van der Waals surface area contributed by atoms with Crippen molar-refractivity contribution in [1.82, 2.24) is 5.32 Å². The van der Waals surface area contributed by atoms with Crippen LogP contribution in [0.2, 0.25) is 5.02 Å². The van der Waals surface area contributed by atoms with E-state index in [2.05, 4.69) is 5.32 Å². The summed E-state index contributed by atoms with van der Waals surface area (Å²) in [6, 6.07) is 8.30. The fourth-order valence-corrected chi connectivity index (χ4v) is 3.41. The van der Waals surface area contributed by atoms with Gasteiger partial charge in [0.2, 0.25) is 0 Å². The molecule has 0 aliphatic carbocycles. The van der Waals surface area contributed by atoms with Crippen molar-refractivity contribution >= 4 is 17.6 Å². The quantitative estimate of drug-likeness (QED) is 0.530. The number of aryl methyl sites for hydroxylation is 3. The first kappa shape index (κ1) is 23.2. The zero-order valence-electron chi connectivity index (χ0n) is 16.7. The van der Waals surface area contributed by atoms with E-state index in [1.54, 1.807) is 32.0 Å². The second-order valence-electron chi connectivity index (χ2n) is 7.35. The maximum absolute atomic E-state index is 13.9. The van der Waals surface area contributed by atoms with Crippen molar-refractivity contribution in [3.63, 3.8) is 0 Å². The summed E-state index contributed by atoms with van der Waals surface area (Å²) in [5.41, 5.74) is 3.85. The van der Waals surface area contributed by atoms with Gasteiger partial charge in [0.1, 0.15) is 0 Å². The van der Waals surface area contributed by atoms with E-state index >= 15 is 0 Å². The molecule has 0 spiro atoms. The summed E-state index contributed by atoms with van der Waals surface area (Å²) in [6.07, 6.45) is -4.58. The highest BCUT2D eigenvalue weighted by atomic mass is 35.5. The van der Waals surface area contributed by atoms with Crippen molar-refractivity contribution in [1.29, 1.82) is 0 Å². The Kier molecular flexibility index (Phi) is 7.72. The molecule has 0 saturated carbocycles. The largest absolute Gasteiger partial charge is 0.481 e.